The van der Waals surface area contributed by atoms with Crippen LogP contribution >= 0.6 is 0 Å². The largest absolute Gasteiger partial charge is 0.463 e. The van der Waals surface area contributed by atoms with Crippen LogP contribution in [0.25, 0.3) is 0 Å². The first-order valence-electron chi connectivity index (χ1n) is 5.25. The molecule has 0 radical (unpaired) electrons. The molecule has 1 aliphatic rings. The third-order valence-electron chi connectivity index (χ3n) is 2.27. The van der Waals surface area contributed by atoms with Crippen molar-refractivity contribution in [1.29, 1.82) is 0 Å². The fourth-order valence-corrected chi connectivity index (χ4v) is 1.49. The first-order chi connectivity index (χ1) is 7.65. The number of nitrogens with zero attached hydrogens (tertiary/aromatic N) is 1. The molecule has 0 aromatic heterocycles. The van der Waals surface area contributed by atoms with Crippen LogP contribution in [0, 0.1) is 0 Å². The molecule has 16 heavy (non-hydrogen) atoms. The van der Waals surface area contributed by atoms with Crippen molar-refractivity contribution >= 4 is 17.8 Å². The fourth-order valence-electron chi connectivity index (χ4n) is 1.49. The Kier molecular flexibility index (Phi) is 4.91. The Morgan fingerprint density at radius 2 is 1.94 bits per heavy atom. The Morgan fingerprint density at radius 1 is 1.31 bits per heavy atom. The van der Waals surface area contributed by atoms with Gasteiger partial charge < -0.3 is 9.84 Å². The quantitative estimate of drug-likeness (QED) is 0.488. The maximum Gasteiger partial charge on any atom is 0.305 e. The predicted molar refractivity (Wildman–Crippen MR) is 53.2 cm³/mol. The van der Waals surface area contributed by atoms with Crippen molar-refractivity contribution in [2.75, 3.05) is 19.8 Å². The Bertz CT molecular complexity index is 273. The van der Waals surface area contributed by atoms with E-state index in [1.165, 1.54) is 4.90 Å². The summed E-state index contributed by atoms with van der Waals surface area (Å²) in [4.78, 5) is 34.6. The Morgan fingerprint density at radius 3 is 2.50 bits per heavy atom. The fraction of sp³-hybridized carbons (Fsp3) is 0.700. The molecule has 6 nitrogen and oxygen atoms in total. The van der Waals surface area contributed by atoms with Crippen molar-refractivity contribution in [2.24, 2.45) is 0 Å². The molecule has 1 fully saturated rings. The molecule has 1 heterocycles. The molecule has 1 saturated heterocycles. The summed E-state index contributed by atoms with van der Waals surface area (Å²) in [6, 6.07) is 0. The minimum absolute atomic E-state index is 0.0135. The first-order valence-corrected chi connectivity index (χ1v) is 5.25. The molecule has 0 spiro atoms. The number of ether oxygens (including phenoxy) is 1. The van der Waals surface area contributed by atoms with Gasteiger partial charge in [-0.25, -0.2) is 0 Å². The van der Waals surface area contributed by atoms with Gasteiger partial charge in [0.25, 0.3) is 0 Å². The van der Waals surface area contributed by atoms with Gasteiger partial charge in [-0.05, 0) is 6.42 Å². The molecular formula is C10H15NO5. The number of amides is 2. The maximum absolute atomic E-state index is 11.2. The zero-order valence-corrected chi connectivity index (χ0v) is 8.98. The lowest BCUT2D eigenvalue weighted by molar-refractivity contribution is -0.146. The minimum atomic E-state index is -0.423. The molecule has 0 saturated carbocycles. The van der Waals surface area contributed by atoms with E-state index in [9.17, 15) is 14.4 Å². The summed E-state index contributed by atoms with van der Waals surface area (Å²) in [5.41, 5.74) is 0. The van der Waals surface area contributed by atoms with E-state index in [2.05, 4.69) is 4.74 Å². The standard InChI is InChI=1S/C10H15NO5/c12-6-7-16-10(15)2-1-5-11-8(13)3-4-9(11)14/h12H,1-7H2. The van der Waals surface area contributed by atoms with Crippen LogP contribution in [0.3, 0.4) is 0 Å². The van der Waals surface area contributed by atoms with Gasteiger partial charge in [0.2, 0.25) is 11.8 Å². The van der Waals surface area contributed by atoms with Gasteiger partial charge in [-0.3, -0.25) is 19.3 Å². The molecule has 90 valence electrons. The lowest BCUT2D eigenvalue weighted by Gasteiger charge is -2.12. The third-order valence-corrected chi connectivity index (χ3v) is 2.27. The highest BCUT2D eigenvalue weighted by molar-refractivity contribution is 6.01. The number of aliphatic hydroxyl groups excluding tert-OH is 1. The zero-order valence-electron chi connectivity index (χ0n) is 8.98. The van der Waals surface area contributed by atoms with E-state index in [0.29, 0.717) is 6.42 Å². The van der Waals surface area contributed by atoms with E-state index in [1.807, 2.05) is 0 Å². The molecule has 0 unspecified atom stereocenters. The SMILES string of the molecule is O=C(CCCN1C(=O)CCC1=O)OCCO. The summed E-state index contributed by atoms with van der Waals surface area (Å²) in [5.74, 6) is -0.768. The number of hydrogen-bond donors (Lipinski definition) is 1. The number of aliphatic hydroxyl groups is 1. The summed E-state index contributed by atoms with van der Waals surface area (Å²) in [6.07, 6.45) is 1.10. The van der Waals surface area contributed by atoms with E-state index in [4.69, 9.17) is 5.11 Å². The number of carbonyl (C=O) groups excluding carboxylic acids is 3. The van der Waals surface area contributed by atoms with Crippen LogP contribution in [0.2, 0.25) is 0 Å². The van der Waals surface area contributed by atoms with Crippen LogP contribution in [0.15, 0.2) is 0 Å². The average Bonchev–Trinajstić information content (AvgIpc) is 2.57. The van der Waals surface area contributed by atoms with E-state index in [1.54, 1.807) is 0 Å². The van der Waals surface area contributed by atoms with Crippen LogP contribution in [-0.4, -0.2) is 47.5 Å². The van der Waals surface area contributed by atoms with Gasteiger partial charge in [0.15, 0.2) is 0 Å². The molecule has 0 atom stereocenters. The number of likely N-dealkylation sites (tertiary alicyclic amines) is 1. The zero-order chi connectivity index (χ0) is 12.0. The van der Waals surface area contributed by atoms with Crippen LogP contribution in [0.4, 0.5) is 0 Å². The second-order valence-electron chi connectivity index (χ2n) is 3.49. The van der Waals surface area contributed by atoms with Gasteiger partial charge in [-0.2, -0.15) is 0 Å². The van der Waals surface area contributed by atoms with E-state index in [0.717, 1.165) is 0 Å². The first kappa shape index (κ1) is 12.6. The van der Waals surface area contributed by atoms with Gasteiger partial charge in [0.1, 0.15) is 6.61 Å². The number of rotatable bonds is 6. The molecule has 0 bridgehead atoms. The number of esters is 1. The topological polar surface area (TPSA) is 83.9 Å². The average molecular weight is 229 g/mol. The molecule has 0 aliphatic carbocycles. The van der Waals surface area contributed by atoms with Gasteiger partial charge >= 0.3 is 5.97 Å². The van der Waals surface area contributed by atoms with Crippen molar-refractivity contribution < 1.29 is 24.2 Å². The lowest BCUT2D eigenvalue weighted by atomic mass is 10.3. The van der Waals surface area contributed by atoms with Crippen molar-refractivity contribution in [2.45, 2.75) is 25.7 Å². The van der Waals surface area contributed by atoms with Crippen LogP contribution in [0.5, 0.6) is 0 Å². The summed E-state index contributed by atoms with van der Waals surface area (Å²) < 4.78 is 4.63. The summed E-state index contributed by atoms with van der Waals surface area (Å²) in [5, 5.41) is 8.41. The van der Waals surface area contributed by atoms with Crippen molar-refractivity contribution in [3.63, 3.8) is 0 Å². The Labute approximate surface area is 93.2 Å². The molecule has 0 aromatic carbocycles. The minimum Gasteiger partial charge on any atom is -0.463 e. The van der Waals surface area contributed by atoms with Gasteiger partial charge in [0.05, 0.1) is 6.61 Å². The van der Waals surface area contributed by atoms with Gasteiger partial charge in [-0.1, -0.05) is 0 Å². The Balaban J connectivity index is 2.17. The van der Waals surface area contributed by atoms with Gasteiger partial charge in [-0.15, -0.1) is 0 Å². The molecular weight excluding hydrogens is 214 g/mol. The highest BCUT2D eigenvalue weighted by Crippen LogP contribution is 2.12. The summed E-state index contributed by atoms with van der Waals surface area (Å²) in [7, 11) is 0. The van der Waals surface area contributed by atoms with E-state index in [-0.39, 0.29) is 50.8 Å². The smallest absolute Gasteiger partial charge is 0.305 e. The number of imide groups is 1. The predicted octanol–water partition coefficient (Wildman–Crippen LogP) is -0.549. The van der Waals surface area contributed by atoms with Crippen molar-refractivity contribution in [3.8, 4) is 0 Å². The van der Waals surface area contributed by atoms with Crippen molar-refractivity contribution in [3.05, 3.63) is 0 Å². The maximum atomic E-state index is 11.2. The third kappa shape index (κ3) is 3.62. The number of hydrogen-bond acceptors (Lipinski definition) is 5. The van der Waals surface area contributed by atoms with E-state index >= 15 is 0 Å². The second-order valence-corrected chi connectivity index (χ2v) is 3.49. The lowest BCUT2D eigenvalue weighted by Crippen LogP contribution is -2.30. The Hall–Kier alpha value is -1.43. The van der Waals surface area contributed by atoms with Crippen molar-refractivity contribution in [1.82, 2.24) is 4.90 Å². The number of carbonyl (C=O) groups is 3. The normalized spacial score (nSPS) is 15.7. The van der Waals surface area contributed by atoms with Crippen LogP contribution < -0.4 is 0 Å². The molecule has 1 N–H and O–H groups in total. The highest BCUT2D eigenvalue weighted by atomic mass is 16.5. The molecule has 1 aliphatic heterocycles. The molecule has 1 rings (SSSR count). The van der Waals surface area contributed by atoms with Crippen LogP contribution in [-0.2, 0) is 19.1 Å². The van der Waals surface area contributed by atoms with Gasteiger partial charge in [0, 0.05) is 25.8 Å². The molecule has 0 aromatic rings. The summed E-state index contributed by atoms with van der Waals surface area (Å²) in [6.45, 7) is 0.0567. The second kappa shape index (κ2) is 6.22. The monoisotopic (exact) mass is 229 g/mol. The molecule has 6 heteroatoms. The highest BCUT2D eigenvalue weighted by Gasteiger charge is 2.28. The van der Waals surface area contributed by atoms with E-state index < -0.39 is 5.97 Å². The van der Waals surface area contributed by atoms with Crippen LogP contribution in [0.1, 0.15) is 25.7 Å². The molecule has 2 amide bonds. The summed E-state index contributed by atoms with van der Waals surface area (Å²) >= 11 is 0.